The standard InChI is InChI=1S/C14H20N4O2/c1-10(2)7-5-6-8-18-9-15-12-11(18)13(19)17(4)14(20)16(12)3/h9H,1,5-8H2,2-4H3. The summed E-state index contributed by atoms with van der Waals surface area (Å²) in [5.74, 6) is 0. The number of rotatable bonds is 5. The smallest absolute Gasteiger partial charge is 0.325 e. The van der Waals surface area contributed by atoms with E-state index in [-0.39, 0.29) is 11.2 Å². The van der Waals surface area contributed by atoms with Gasteiger partial charge in [-0.3, -0.25) is 13.9 Å². The van der Waals surface area contributed by atoms with Crippen LogP contribution in [0.2, 0.25) is 0 Å². The molecule has 0 amide bonds. The fourth-order valence-corrected chi connectivity index (χ4v) is 2.28. The van der Waals surface area contributed by atoms with Gasteiger partial charge < -0.3 is 4.57 Å². The Balaban J connectivity index is 2.35. The minimum absolute atomic E-state index is 0.291. The Bertz CT molecular complexity index is 764. The number of fused-ring (bicyclic) bond motifs is 1. The Morgan fingerprint density at radius 3 is 2.60 bits per heavy atom. The van der Waals surface area contributed by atoms with Gasteiger partial charge in [-0.1, -0.05) is 5.57 Å². The first-order valence-corrected chi connectivity index (χ1v) is 6.68. The summed E-state index contributed by atoms with van der Waals surface area (Å²) in [6.45, 7) is 6.61. The lowest BCUT2D eigenvalue weighted by Gasteiger charge is -2.06. The summed E-state index contributed by atoms with van der Waals surface area (Å²) in [7, 11) is 3.12. The minimum Gasteiger partial charge on any atom is -0.325 e. The van der Waals surface area contributed by atoms with Crippen LogP contribution in [0, 0.1) is 0 Å². The molecule has 0 aliphatic heterocycles. The average Bonchev–Trinajstić information content (AvgIpc) is 2.82. The molecule has 0 aliphatic carbocycles. The molecule has 2 rings (SSSR count). The molecule has 2 aromatic heterocycles. The summed E-state index contributed by atoms with van der Waals surface area (Å²) in [5, 5.41) is 0. The van der Waals surface area contributed by atoms with E-state index in [1.807, 2.05) is 11.5 Å². The molecule has 108 valence electrons. The molecule has 0 saturated heterocycles. The Hall–Kier alpha value is -2.11. The SMILES string of the molecule is C=C(C)CCCCn1cnc2c1c(=O)n(C)c(=O)n2C. The zero-order valence-corrected chi connectivity index (χ0v) is 12.2. The van der Waals surface area contributed by atoms with Crippen LogP contribution in [-0.2, 0) is 20.6 Å². The van der Waals surface area contributed by atoms with Crippen LogP contribution in [0.4, 0.5) is 0 Å². The molecule has 20 heavy (non-hydrogen) atoms. The van der Waals surface area contributed by atoms with Gasteiger partial charge in [-0.05, 0) is 26.2 Å². The van der Waals surface area contributed by atoms with Crippen LogP contribution >= 0.6 is 0 Å². The first-order chi connectivity index (χ1) is 9.43. The van der Waals surface area contributed by atoms with Crippen LogP contribution < -0.4 is 11.2 Å². The molecule has 0 bridgehead atoms. The van der Waals surface area contributed by atoms with Crippen molar-refractivity contribution >= 4 is 11.2 Å². The normalized spacial score (nSPS) is 11.2. The molecular weight excluding hydrogens is 256 g/mol. The summed E-state index contributed by atoms with van der Waals surface area (Å²) in [5.41, 5.74) is 1.46. The van der Waals surface area contributed by atoms with Crippen molar-refractivity contribution in [3.8, 4) is 0 Å². The number of allylic oxidation sites excluding steroid dienone is 1. The van der Waals surface area contributed by atoms with Crippen LogP contribution in [0.5, 0.6) is 0 Å². The van der Waals surface area contributed by atoms with Crippen molar-refractivity contribution < 1.29 is 0 Å². The Labute approximate surface area is 117 Å². The maximum Gasteiger partial charge on any atom is 0.332 e. The van der Waals surface area contributed by atoms with Crippen molar-refractivity contribution in [1.29, 1.82) is 0 Å². The van der Waals surface area contributed by atoms with Gasteiger partial charge in [-0.2, -0.15) is 0 Å². The molecule has 0 N–H and O–H groups in total. The van der Waals surface area contributed by atoms with Crippen molar-refractivity contribution in [2.24, 2.45) is 14.1 Å². The third-order valence-corrected chi connectivity index (χ3v) is 3.47. The van der Waals surface area contributed by atoms with E-state index in [9.17, 15) is 9.59 Å². The Kier molecular flexibility index (Phi) is 3.92. The van der Waals surface area contributed by atoms with E-state index in [0.29, 0.717) is 11.2 Å². The predicted octanol–water partition coefficient (Wildman–Crippen LogP) is 1.18. The zero-order chi connectivity index (χ0) is 14.9. The van der Waals surface area contributed by atoms with Crippen molar-refractivity contribution in [2.75, 3.05) is 0 Å². The van der Waals surface area contributed by atoms with E-state index < -0.39 is 0 Å². The maximum absolute atomic E-state index is 12.2. The number of aryl methyl sites for hydroxylation is 2. The van der Waals surface area contributed by atoms with Gasteiger partial charge in [0.15, 0.2) is 11.2 Å². The summed E-state index contributed by atoms with van der Waals surface area (Å²) >= 11 is 0. The minimum atomic E-state index is -0.352. The number of nitrogens with zero attached hydrogens (tertiary/aromatic N) is 4. The third-order valence-electron chi connectivity index (χ3n) is 3.47. The van der Waals surface area contributed by atoms with Crippen LogP contribution in [0.25, 0.3) is 11.2 Å². The van der Waals surface area contributed by atoms with Crippen molar-refractivity contribution in [2.45, 2.75) is 32.7 Å². The van der Waals surface area contributed by atoms with E-state index in [1.54, 1.807) is 13.4 Å². The molecule has 0 aliphatic rings. The quantitative estimate of drug-likeness (QED) is 0.608. The molecule has 0 unspecified atom stereocenters. The van der Waals surface area contributed by atoms with E-state index in [4.69, 9.17) is 0 Å². The Morgan fingerprint density at radius 2 is 1.95 bits per heavy atom. The van der Waals surface area contributed by atoms with Gasteiger partial charge in [0.1, 0.15) is 0 Å². The van der Waals surface area contributed by atoms with Crippen LogP contribution in [0.15, 0.2) is 28.1 Å². The van der Waals surface area contributed by atoms with Crippen molar-refractivity contribution in [1.82, 2.24) is 18.7 Å². The van der Waals surface area contributed by atoms with Gasteiger partial charge in [-0.15, -0.1) is 6.58 Å². The molecule has 0 saturated carbocycles. The highest BCUT2D eigenvalue weighted by atomic mass is 16.2. The fourth-order valence-electron chi connectivity index (χ4n) is 2.28. The lowest BCUT2D eigenvalue weighted by Crippen LogP contribution is -2.37. The van der Waals surface area contributed by atoms with Crippen molar-refractivity contribution in [3.63, 3.8) is 0 Å². The number of aromatic nitrogens is 4. The summed E-state index contributed by atoms with van der Waals surface area (Å²) in [4.78, 5) is 28.2. The summed E-state index contributed by atoms with van der Waals surface area (Å²) < 4.78 is 4.35. The average molecular weight is 276 g/mol. The lowest BCUT2D eigenvalue weighted by molar-refractivity contribution is 0.615. The number of hydrogen-bond donors (Lipinski definition) is 0. The third kappa shape index (κ3) is 2.45. The van der Waals surface area contributed by atoms with Gasteiger partial charge in [0.25, 0.3) is 5.56 Å². The number of hydrogen-bond acceptors (Lipinski definition) is 3. The molecule has 2 heterocycles. The van der Waals surface area contributed by atoms with E-state index in [1.165, 1.54) is 17.2 Å². The van der Waals surface area contributed by atoms with Gasteiger partial charge in [-0.25, -0.2) is 9.78 Å². The molecule has 2 aromatic rings. The van der Waals surface area contributed by atoms with Crippen LogP contribution in [-0.4, -0.2) is 18.7 Å². The van der Waals surface area contributed by atoms with Gasteiger partial charge in [0.2, 0.25) is 0 Å². The molecule has 6 heteroatoms. The predicted molar refractivity (Wildman–Crippen MR) is 78.9 cm³/mol. The first-order valence-electron chi connectivity index (χ1n) is 6.68. The molecule has 0 fully saturated rings. The number of imidazole rings is 1. The van der Waals surface area contributed by atoms with Crippen molar-refractivity contribution in [3.05, 3.63) is 39.3 Å². The van der Waals surface area contributed by atoms with Gasteiger partial charge >= 0.3 is 5.69 Å². The van der Waals surface area contributed by atoms with Crippen LogP contribution in [0.1, 0.15) is 26.2 Å². The molecular formula is C14H20N4O2. The molecule has 0 aromatic carbocycles. The summed E-state index contributed by atoms with van der Waals surface area (Å²) in [6.07, 6.45) is 4.60. The first kappa shape index (κ1) is 14.3. The maximum atomic E-state index is 12.2. The molecule has 6 nitrogen and oxygen atoms in total. The second-order valence-corrected chi connectivity index (χ2v) is 5.23. The second-order valence-electron chi connectivity index (χ2n) is 5.23. The van der Waals surface area contributed by atoms with Crippen LogP contribution in [0.3, 0.4) is 0 Å². The van der Waals surface area contributed by atoms with E-state index >= 15 is 0 Å². The lowest BCUT2D eigenvalue weighted by atomic mass is 10.1. The highest BCUT2D eigenvalue weighted by Gasteiger charge is 2.13. The largest absolute Gasteiger partial charge is 0.332 e. The summed E-state index contributed by atoms with van der Waals surface area (Å²) in [6, 6.07) is 0. The molecule has 0 radical (unpaired) electrons. The highest BCUT2D eigenvalue weighted by Crippen LogP contribution is 2.09. The topological polar surface area (TPSA) is 61.8 Å². The van der Waals surface area contributed by atoms with Gasteiger partial charge in [0.05, 0.1) is 6.33 Å². The highest BCUT2D eigenvalue weighted by molar-refractivity contribution is 5.69. The van der Waals surface area contributed by atoms with E-state index in [0.717, 1.165) is 30.4 Å². The second kappa shape index (κ2) is 5.48. The Morgan fingerprint density at radius 1 is 1.25 bits per heavy atom. The van der Waals surface area contributed by atoms with Gasteiger partial charge in [0, 0.05) is 20.6 Å². The van der Waals surface area contributed by atoms with E-state index in [2.05, 4.69) is 11.6 Å². The fraction of sp³-hybridized carbons (Fsp3) is 0.500. The number of unbranched alkanes of at least 4 members (excludes halogenated alkanes) is 1. The zero-order valence-electron chi connectivity index (χ0n) is 12.2. The monoisotopic (exact) mass is 276 g/mol. The molecule has 0 atom stereocenters. The molecule has 0 spiro atoms.